The minimum atomic E-state index is 0.751. The molecule has 1 atom stereocenters. The standard InChI is InChI=1S/C16H25NOS/c1-18-16-7-3-13(4-8-16)11-14(9-10-19-2)12-17-15-5-6-15/h3-4,7-8,14-15,17H,5-6,9-12H2,1-2H3. The van der Waals surface area contributed by atoms with Crippen molar-refractivity contribution in [3.05, 3.63) is 29.8 Å². The lowest BCUT2D eigenvalue weighted by Gasteiger charge is -2.17. The van der Waals surface area contributed by atoms with Crippen molar-refractivity contribution in [1.29, 1.82) is 0 Å². The van der Waals surface area contributed by atoms with Crippen molar-refractivity contribution in [1.82, 2.24) is 5.32 Å². The first-order valence-corrected chi connectivity index (χ1v) is 8.56. The number of benzene rings is 1. The van der Waals surface area contributed by atoms with Crippen molar-refractivity contribution in [3.8, 4) is 5.75 Å². The largest absolute Gasteiger partial charge is 0.497 e. The average molecular weight is 279 g/mol. The third-order valence-electron chi connectivity index (χ3n) is 3.69. The van der Waals surface area contributed by atoms with Crippen LogP contribution in [0.15, 0.2) is 24.3 Å². The van der Waals surface area contributed by atoms with Gasteiger partial charge in [0.15, 0.2) is 0 Å². The van der Waals surface area contributed by atoms with Gasteiger partial charge in [0, 0.05) is 6.04 Å². The molecule has 0 heterocycles. The first-order valence-electron chi connectivity index (χ1n) is 7.17. The second-order valence-corrected chi connectivity index (χ2v) is 6.37. The lowest BCUT2D eigenvalue weighted by Crippen LogP contribution is -2.26. The summed E-state index contributed by atoms with van der Waals surface area (Å²) in [5.41, 5.74) is 1.42. The number of thioether (sulfide) groups is 1. The highest BCUT2D eigenvalue weighted by Gasteiger charge is 2.21. The Hall–Kier alpha value is -0.670. The molecule has 1 aliphatic rings. The van der Waals surface area contributed by atoms with Gasteiger partial charge in [-0.3, -0.25) is 0 Å². The zero-order valence-corrected chi connectivity index (χ0v) is 12.8. The number of ether oxygens (including phenoxy) is 1. The Morgan fingerprint density at radius 3 is 2.63 bits per heavy atom. The molecule has 1 saturated carbocycles. The minimum absolute atomic E-state index is 0.751. The Kier molecular flexibility index (Phi) is 6.05. The lowest BCUT2D eigenvalue weighted by molar-refractivity contribution is 0.414. The van der Waals surface area contributed by atoms with Gasteiger partial charge in [-0.05, 0) is 67.9 Å². The molecule has 1 fully saturated rings. The molecule has 0 bridgehead atoms. The van der Waals surface area contributed by atoms with Crippen LogP contribution < -0.4 is 10.1 Å². The Bertz CT molecular complexity index is 362. The van der Waals surface area contributed by atoms with E-state index in [1.807, 2.05) is 11.8 Å². The molecule has 0 spiro atoms. The van der Waals surface area contributed by atoms with Gasteiger partial charge < -0.3 is 10.1 Å². The molecule has 2 rings (SSSR count). The molecule has 19 heavy (non-hydrogen) atoms. The fourth-order valence-electron chi connectivity index (χ4n) is 2.28. The van der Waals surface area contributed by atoms with Gasteiger partial charge in [0.2, 0.25) is 0 Å². The molecule has 1 unspecified atom stereocenters. The van der Waals surface area contributed by atoms with Crippen LogP contribution in [0.2, 0.25) is 0 Å². The molecule has 1 aromatic rings. The maximum atomic E-state index is 5.21. The smallest absolute Gasteiger partial charge is 0.118 e. The second-order valence-electron chi connectivity index (χ2n) is 5.38. The van der Waals surface area contributed by atoms with Gasteiger partial charge in [-0.2, -0.15) is 11.8 Å². The molecule has 1 N–H and O–H groups in total. The third-order valence-corrected chi connectivity index (χ3v) is 4.33. The lowest BCUT2D eigenvalue weighted by atomic mass is 9.96. The van der Waals surface area contributed by atoms with E-state index in [1.165, 1.54) is 37.0 Å². The summed E-state index contributed by atoms with van der Waals surface area (Å²) >= 11 is 1.95. The fraction of sp³-hybridized carbons (Fsp3) is 0.625. The molecule has 1 aromatic carbocycles. The van der Waals surface area contributed by atoms with Crippen molar-refractivity contribution in [2.75, 3.05) is 25.7 Å². The Morgan fingerprint density at radius 2 is 2.05 bits per heavy atom. The maximum absolute atomic E-state index is 5.21. The summed E-state index contributed by atoms with van der Waals surface area (Å²) in [5, 5.41) is 3.67. The monoisotopic (exact) mass is 279 g/mol. The van der Waals surface area contributed by atoms with Gasteiger partial charge in [-0.15, -0.1) is 0 Å². The number of hydrogen-bond acceptors (Lipinski definition) is 3. The molecule has 0 saturated heterocycles. The van der Waals surface area contributed by atoms with Crippen LogP contribution in [0.4, 0.5) is 0 Å². The van der Waals surface area contributed by atoms with E-state index in [4.69, 9.17) is 4.74 Å². The van der Waals surface area contributed by atoms with E-state index in [9.17, 15) is 0 Å². The molecule has 0 amide bonds. The van der Waals surface area contributed by atoms with Gasteiger partial charge >= 0.3 is 0 Å². The predicted molar refractivity (Wildman–Crippen MR) is 84.2 cm³/mol. The number of nitrogens with one attached hydrogen (secondary N) is 1. The van der Waals surface area contributed by atoms with Crippen LogP contribution >= 0.6 is 11.8 Å². The SMILES string of the molecule is COc1ccc(CC(CCSC)CNC2CC2)cc1. The zero-order valence-electron chi connectivity index (χ0n) is 12.0. The summed E-state index contributed by atoms with van der Waals surface area (Å²) in [6.45, 7) is 1.16. The summed E-state index contributed by atoms with van der Waals surface area (Å²) in [4.78, 5) is 0. The minimum Gasteiger partial charge on any atom is -0.497 e. The van der Waals surface area contributed by atoms with Crippen molar-refractivity contribution >= 4 is 11.8 Å². The summed E-state index contributed by atoms with van der Waals surface area (Å²) in [6.07, 6.45) is 7.41. The zero-order chi connectivity index (χ0) is 13.5. The highest BCUT2D eigenvalue weighted by Crippen LogP contribution is 2.21. The molecule has 0 aromatic heterocycles. The van der Waals surface area contributed by atoms with E-state index in [1.54, 1.807) is 7.11 Å². The molecule has 106 valence electrons. The molecular formula is C16H25NOS. The average Bonchev–Trinajstić information content (AvgIpc) is 3.27. The Balaban J connectivity index is 1.84. The molecular weight excluding hydrogens is 254 g/mol. The normalized spacial score (nSPS) is 16.3. The van der Waals surface area contributed by atoms with Crippen LogP contribution in [0, 0.1) is 5.92 Å². The highest BCUT2D eigenvalue weighted by molar-refractivity contribution is 7.98. The van der Waals surface area contributed by atoms with E-state index >= 15 is 0 Å². The molecule has 3 heteroatoms. The Labute approximate surface area is 121 Å². The van der Waals surface area contributed by atoms with Crippen LogP contribution in [0.25, 0.3) is 0 Å². The van der Waals surface area contributed by atoms with Crippen molar-refractivity contribution < 1.29 is 4.74 Å². The van der Waals surface area contributed by atoms with E-state index in [0.29, 0.717) is 0 Å². The second kappa shape index (κ2) is 7.81. The van der Waals surface area contributed by atoms with Crippen LogP contribution in [-0.4, -0.2) is 31.7 Å². The van der Waals surface area contributed by atoms with Crippen LogP contribution in [-0.2, 0) is 6.42 Å². The summed E-state index contributed by atoms with van der Waals surface area (Å²) in [6, 6.07) is 9.34. The van der Waals surface area contributed by atoms with E-state index in [0.717, 1.165) is 24.3 Å². The molecule has 2 nitrogen and oxygen atoms in total. The summed E-state index contributed by atoms with van der Waals surface area (Å²) in [5.74, 6) is 2.95. The quantitative estimate of drug-likeness (QED) is 0.749. The predicted octanol–water partition coefficient (Wildman–Crippen LogP) is 3.36. The van der Waals surface area contributed by atoms with Crippen LogP contribution in [0.3, 0.4) is 0 Å². The van der Waals surface area contributed by atoms with Crippen molar-refractivity contribution in [2.24, 2.45) is 5.92 Å². The van der Waals surface area contributed by atoms with Gasteiger partial charge in [-0.1, -0.05) is 12.1 Å². The van der Waals surface area contributed by atoms with Gasteiger partial charge in [-0.25, -0.2) is 0 Å². The third kappa shape index (κ3) is 5.45. The van der Waals surface area contributed by atoms with Gasteiger partial charge in [0.1, 0.15) is 5.75 Å². The number of hydrogen-bond donors (Lipinski definition) is 1. The van der Waals surface area contributed by atoms with E-state index in [2.05, 4.69) is 35.8 Å². The summed E-state index contributed by atoms with van der Waals surface area (Å²) < 4.78 is 5.21. The summed E-state index contributed by atoms with van der Waals surface area (Å²) in [7, 11) is 1.72. The van der Waals surface area contributed by atoms with Gasteiger partial charge in [0.05, 0.1) is 7.11 Å². The first kappa shape index (κ1) is 14.7. The fourth-order valence-corrected chi connectivity index (χ4v) is 2.85. The molecule has 0 aliphatic heterocycles. The Morgan fingerprint density at radius 1 is 1.32 bits per heavy atom. The van der Waals surface area contributed by atoms with Crippen LogP contribution in [0.5, 0.6) is 5.75 Å². The van der Waals surface area contributed by atoms with E-state index in [-0.39, 0.29) is 0 Å². The van der Waals surface area contributed by atoms with Crippen molar-refractivity contribution in [2.45, 2.75) is 31.7 Å². The highest BCUT2D eigenvalue weighted by atomic mass is 32.2. The maximum Gasteiger partial charge on any atom is 0.118 e. The van der Waals surface area contributed by atoms with Crippen LogP contribution in [0.1, 0.15) is 24.8 Å². The number of rotatable bonds is 9. The van der Waals surface area contributed by atoms with Crippen molar-refractivity contribution in [3.63, 3.8) is 0 Å². The first-order chi connectivity index (χ1) is 9.31. The number of methoxy groups -OCH3 is 1. The molecule has 0 radical (unpaired) electrons. The van der Waals surface area contributed by atoms with Gasteiger partial charge in [0.25, 0.3) is 0 Å². The van der Waals surface area contributed by atoms with E-state index < -0.39 is 0 Å². The molecule has 1 aliphatic carbocycles. The topological polar surface area (TPSA) is 21.3 Å².